The molecule has 2 amide bonds. The molecule has 29 heavy (non-hydrogen) atoms. The molecule has 0 radical (unpaired) electrons. The van der Waals surface area contributed by atoms with Gasteiger partial charge >= 0.3 is 0 Å². The molecule has 0 fully saturated rings. The number of aromatic amines is 1. The van der Waals surface area contributed by atoms with Gasteiger partial charge < -0.3 is 15.0 Å². The highest BCUT2D eigenvalue weighted by Crippen LogP contribution is 2.21. The number of rotatable bonds is 6. The Balaban J connectivity index is 1.43. The van der Waals surface area contributed by atoms with Gasteiger partial charge in [0.2, 0.25) is 5.95 Å². The van der Waals surface area contributed by atoms with Crippen molar-refractivity contribution in [3.8, 4) is 0 Å². The molecule has 2 aromatic heterocycles. The summed E-state index contributed by atoms with van der Waals surface area (Å²) in [4.78, 5) is 32.8. The third-order valence-corrected chi connectivity index (χ3v) is 5.42. The Morgan fingerprint density at radius 3 is 2.66 bits per heavy atom. The highest BCUT2D eigenvalue weighted by Gasteiger charge is 2.15. The SMILES string of the molecule is CSNc1cccc(NC(=O)c2cc(C(=O)Nc3nc4ccccc4[nH]3)cs2)c1. The maximum Gasteiger partial charge on any atom is 0.265 e. The molecule has 146 valence electrons. The van der Waals surface area contributed by atoms with E-state index in [1.54, 1.807) is 11.4 Å². The molecule has 4 rings (SSSR count). The lowest BCUT2D eigenvalue weighted by molar-refractivity contribution is 0.102. The fourth-order valence-electron chi connectivity index (χ4n) is 2.74. The Bertz CT molecular complexity index is 1150. The minimum atomic E-state index is -0.328. The standard InChI is InChI=1S/C20H17N5O2S2/c1-28-25-14-6-4-5-13(10-14)21-19(27)17-9-12(11-29-17)18(26)24-20-22-15-7-2-3-8-16(15)23-20/h2-11,25H,1H3,(H,21,27)(H2,22,23,24,26). The Labute approximate surface area is 175 Å². The zero-order valence-electron chi connectivity index (χ0n) is 15.4. The van der Waals surface area contributed by atoms with Crippen molar-refractivity contribution in [1.82, 2.24) is 9.97 Å². The largest absolute Gasteiger partial charge is 0.330 e. The number of benzene rings is 2. The van der Waals surface area contributed by atoms with E-state index in [0.29, 0.717) is 22.1 Å². The van der Waals surface area contributed by atoms with Gasteiger partial charge in [-0.3, -0.25) is 14.9 Å². The lowest BCUT2D eigenvalue weighted by atomic mass is 10.2. The summed E-state index contributed by atoms with van der Waals surface area (Å²) in [7, 11) is 0. The van der Waals surface area contributed by atoms with E-state index < -0.39 is 0 Å². The molecule has 4 N–H and O–H groups in total. The molecule has 9 heteroatoms. The van der Waals surface area contributed by atoms with Crippen LogP contribution in [0.1, 0.15) is 20.0 Å². The van der Waals surface area contributed by atoms with Crippen molar-refractivity contribution in [2.45, 2.75) is 0 Å². The Hall–Kier alpha value is -3.30. The summed E-state index contributed by atoms with van der Waals surface area (Å²) in [5.41, 5.74) is 3.58. The summed E-state index contributed by atoms with van der Waals surface area (Å²) < 4.78 is 3.12. The summed E-state index contributed by atoms with van der Waals surface area (Å²) in [6, 6.07) is 16.5. The van der Waals surface area contributed by atoms with Crippen molar-refractivity contribution in [2.24, 2.45) is 0 Å². The fourth-order valence-corrected chi connectivity index (χ4v) is 3.88. The third kappa shape index (κ3) is 4.41. The number of carbonyl (C=O) groups excluding carboxylic acids is 2. The number of para-hydroxylation sites is 2. The molecule has 4 aromatic rings. The average Bonchev–Trinajstić information content (AvgIpc) is 3.35. The number of hydrogen-bond donors (Lipinski definition) is 4. The van der Waals surface area contributed by atoms with Crippen LogP contribution in [0.3, 0.4) is 0 Å². The molecule has 0 spiro atoms. The lowest BCUT2D eigenvalue weighted by Gasteiger charge is -2.06. The van der Waals surface area contributed by atoms with E-state index in [4.69, 9.17) is 0 Å². The number of fused-ring (bicyclic) bond motifs is 1. The quantitative estimate of drug-likeness (QED) is 0.333. The van der Waals surface area contributed by atoms with Crippen LogP contribution in [-0.2, 0) is 0 Å². The van der Waals surface area contributed by atoms with Gasteiger partial charge in [0.15, 0.2) is 0 Å². The van der Waals surface area contributed by atoms with Crippen LogP contribution in [0.25, 0.3) is 11.0 Å². The number of anilines is 3. The zero-order valence-corrected chi connectivity index (χ0v) is 17.0. The zero-order chi connectivity index (χ0) is 20.2. The second-order valence-electron chi connectivity index (χ2n) is 6.10. The van der Waals surface area contributed by atoms with E-state index in [0.717, 1.165) is 16.7 Å². The summed E-state index contributed by atoms with van der Waals surface area (Å²) in [5.74, 6) is -0.226. The second kappa shape index (κ2) is 8.38. The van der Waals surface area contributed by atoms with E-state index in [1.165, 1.54) is 23.3 Å². The first-order valence-electron chi connectivity index (χ1n) is 8.67. The summed E-state index contributed by atoms with van der Waals surface area (Å²) in [6.07, 6.45) is 1.93. The maximum absolute atomic E-state index is 12.5. The number of H-pyrrole nitrogens is 1. The van der Waals surface area contributed by atoms with E-state index in [-0.39, 0.29) is 11.8 Å². The first-order valence-corrected chi connectivity index (χ1v) is 10.8. The first-order chi connectivity index (χ1) is 14.1. The Kier molecular flexibility index (Phi) is 5.50. The van der Waals surface area contributed by atoms with E-state index in [1.807, 2.05) is 54.8 Å². The fraction of sp³-hybridized carbons (Fsp3) is 0.0500. The number of carbonyl (C=O) groups is 2. The molecule has 2 aromatic carbocycles. The summed E-state index contributed by atoms with van der Waals surface area (Å²) in [5, 5.41) is 7.23. The van der Waals surface area contributed by atoms with Crippen LogP contribution in [0.15, 0.2) is 60.0 Å². The predicted molar refractivity (Wildman–Crippen MR) is 120 cm³/mol. The summed E-state index contributed by atoms with van der Waals surface area (Å²) in [6.45, 7) is 0. The van der Waals surface area contributed by atoms with Gasteiger partial charge in [0.1, 0.15) is 0 Å². The number of aromatic nitrogens is 2. The molecule has 2 heterocycles. The van der Waals surface area contributed by atoms with Crippen molar-refractivity contribution in [2.75, 3.05) is 21.6 Å². The molecular formula is C20H17N5O2S2. The molecular weight excluding hydrogens is 406 g/mol. The number of thiophene rings is 1. The van der Waals surface area contributed by atoms with Crippen molar-refractivity contribution in [1.29, 1.82) is 0 Å². The van der Waals surface area contributed by atoms with E-state index in [2.05, 4.69) is 25.3 Å². The number of nitrogens with zero attached hydrogens (tertiary/aromatic N) is 1. The lowest BCUT2D eigenvalue weighted by Crippen LogP contribution is -2.13. The van der Waals surface area contributed by atoms with Gasteiger partial charge in [-0.1, -0.05) is 30.1 Å². The number of hydrogen-bond acceptors (Lipinski definition) is 6. The van der Waals surface area contributed by atoms with Crippen LogP contribution in [0, 0.1) is 0 Å². The maximum atomic E-state index is 12.5. The highest BCUT2D eigenvalue weighted by molar-refractivity contribution is 7.99. The number of amides is 2. The smallest absolute Gasteiger partial charge is 0.265 e. The van der Waals surface area contributed by atoms with E-state index in [9.17, 15) is 9.59 Å². The number of imidazole rings is 1. The van der Waals surface area contributed by atoms with Gasteiger partial charge in [-0.05, 0) is 36.4 Å². The van der Waals surface area contributed by atoms with Crippen molar-refractivity contribution in [3.05, 3.63) is 70.4 Å². The van der Waals surface area contributed by atoms with Crippen LogP contribution < -0.4 is 15.4 Å². The van der Waals surface area contributed by atoms with Gasteiger partial charge in [0.25, 0.3) is 11.8 Å². The van der Waals surface area contributed by atoms with Crippen molar-refractivity contribution >= 4 is 63.5 Å². The van der Waals surface area contributed by atoms with E-state index >= 15 is 0 Å². The van der Waals surface area contributed by atoms with Crippen LogP contribution in [0.2, 0.25) is 0 Å². The van der Waals surface area contributed by atoms with Crippen LogP contribution in [0.5, 0.6) is 0 Å². The van der Waals surface area contributed by atoms with Gasteiger partial charge in [0.05, 0.1) is 21.5 Å². The second-order valence-corrected chi connectivity index (χ2v) is 7.62. The molecule has 0 aliphatic heterocycles. The normalized spacial score (nSPS) is 10.7. The summed E-state index contributed by atoms with van der Waals surface area (Å²) >= 11 is 2.69. The van der Waals surface area contributed by atoms with Gasteiger partial charge in [0, 0.05) is 23.0 Å². The molecule has 7 nitrogen and oxygen atoms in total. The molecule has 0 atom stereocenters. The molecule has 0 unspecified atom stereocenters. The van der Waals surface area contributed by atoms with Crippen LogP contribution in [0.4, 0.5) is 17.3 Å². The van der Waals surface area contributed by atoms with Crippen LogP contribution >= 0.6 is 23.3 Å². The predicted octanol–water partition coefficient (Wildman–Crippen LogP) is 4.82. The minimum absolute atomic E-state index is 0.265. The monoisotopic (exact) mass is 423 g/mol. The minimum Gasteiger partial charge on any atom is -0.330 e. The van der Waals surface area contributed by atoms with Crippen LogP contribution in [-0.4, -0.2) is 28.0 Å². The highest BCUT2D eigenvalue weighted by atomic mass is 32.2. The Morgan fingerprint density at radius 1 is 1.00 bits per heavy atom. The van der Waals surface area contributed by atoms with Gasteiger partial charge in [-0.2, -0.15) is 0 Å². The van der Waals surface area contributed by atoms with Gasteiger partial charge in [-0.15, -0.1) is 11.3 Å². The van der Waals surface area contributed by atoms with Crippen molar-refractivity contribution in [3.63, 3.8) is 0 Å². The first kappa shape index (κ1) is 19.0. The Morgan fingerprint density at radius 2 is 1.83 bits per heavy atom. The molecule has 0 aliphatic carbocycles. The molecule has 0 saturated heterocycles. The third-order valence-electron chi connectivity index (χ3n) is 4.05. The molecule has 0 aliphatic rings. The average molecular weight is 424 g/mol. The topological polar surface area (TPSA) is 98.9 Å². The van der Waals surface area contributed by atoms with Crippen molar-refractivity contribution < 1.29 is 9.59 Å². The molecule has 0 saturated carbocycles. The number of nitrogens with one attached hydrogen (secondary N) is 4. The molecule has 0 bridgehead atoms. The van der Waals surface area contributed by atoms with Gasteiger partial charge in [-0.25, -0.2) is 4.98 Å².